The van der Waals surface area contributed by atoms with Gasteiger partial charge in [-0.2, -0.15) is 0 Å². The van der Waals surface area contributed by atoms with Crippen molar-refractivity contribution >= 4 is 27.3 Å². The number of fused-ring (bicyclic) bond motifs is 1. The van der Waals surface area contributed by atoms with Crippen LogP contribution in [0.4, 0.5) is 0 Å². The van der Waals surface area contributed by atoms with Crippen LogP contribution in [0.3, 0.4) is 0 Å². The molecule has 0 radical (unpaired) electrons. The number of hydrogen-bond acceptors (Lipinski definition) is 3. The Bertz CT molecular complexity index is 656. The second-order valence-corrected chi connectivity index (χ2v) is 7.07. The number of amides is 1. The molecule has 1 heterocycles. The first kappa shape index (κ1) is 14.5. The van der Waals surface area contributed by atoms with Crippen molar-refractivity contribution in [3.05, 3.63) is 34.7 Å². The first-order chi connectivity index (χ1) is 10.1. The summed E-state index contributed by atoms with van der Waals surface area (Å²) in [4.78, 5) is 13.2. The standard InChI is InChI=1S/C17H21NO2S/c1-12-13-7-3-4-8-14(13)21-15(12)16(19)18-11-17(20)9-5-2-6-10-17/h3-4,7-8,20H,2,5-6,9-11H2,1H3,(H,18,19). The Morgan fingerprint density at radius 1 is 1.29 bits per heavy atom. The first-order valence-corrected chi connectivity index (χ1v) is 8.39. The summed E-state index contributed by atoms with van der Waals surface area (Å²) in [5.74, 6) is -0.0623. The normalized spacial score (nSPS) is 17.8. The van der Waals surface area contributed by atoms with Crippen molar-refractivity contribution in [2.75, 3.05) is 6.54 Å². The number of nitrogens with one attached hydrogen (secondary N) is 1. The Morgan fingerprint density at radius 3 is 2.71 bits per heavy atom. The third-order valence-corrected chi connectivity index (χ3v) is 5.68. The molecule has 2 aromatic rings. The van der Waals surface area contributed by atoms with E-state index in [0.29, 0.717) is 6.54 Å². The van der Waals surface area contributed by atoms with Crippen molar-refractivity contribution in [3.63, 3.8) is 0 Å². The minimum absolute atomic E-state index is 0.0623. The average Bonchev–Trinajstić information content (AvgIpc) is 2.84. The maximum Gasteiger partial charge on any atom is 0.261 e. The summed E-state index contributed by atoms with van der Waals surface area (Å²) in [6.45, 7) is 2.35. The Labute approximate surface area is 129 Å². The lowest BCUT2D eigenvalue weighted by Crippen LogP contribution is -2.44. The number of carbonyl (C=O) groups excluding carboxylic acids is 1. The molecule has 1 aliphatic rings. The van der Waals surface area contributed by atoms with Gasteiger partial charge in [0.25, 0.3) is 5.91 Å². The molecule has 112 valence electrons. The predicted molar refractivity (Wildman–Crippen MR) is 86.9 cm³/mol. The van der Waals surface area contributed by atoms with Crippen LogP contribution >= 0.6 is 11.3 Å². The molecule has 1 saturated carbocycles. The van der Waals surface area contributed by atoms with E-state index in [4.69, 9.17) is 0 Å². The van der Waals surface area contributed by atoms with Gasteiger partial charge in [-0.15, -0.1) is 11.3 Å². The highest BCUT2D eigenvalue weighted by Crippen LogP contribution is 2.31. The van der Waals surface area contributed by atoms with Gasteiger partial charge in [-0.25, -0.2) is 0 Å². The summed E-state index contributed by atoms with van der Waals surface area (Å²) in [7, 11) is 0. The van der Waals surface area contributed by atoms with Gasteiger partial charge < -0.3 is 10.4 Å². The molecule has 2 N–H and O–H groups in total. The van der Waals surface area contributed by atoms with Gasteiger partial charge in [0.15, 0.2) is 0 Å². The molecule has 3 rings (SSSR count). The Morgan fingerprint density at radius 2 is 2.00 bits per heavy atom. The summed E-state index contributed by atoms with van der Waals surface area (Å²) in [5.41, 5.74) is 0.321. The van der Waals surface area contributed by atoms with Crippen molar-refractivity contribution in [2.45, 2.75) is 44.6 Å². The average molecular weight is 303 g/mol. The molecule has 0 spiro atoms. The fraction of sp³-hybridized carbons (Fsp3) is 0.471. The van der Waals surface area contributed by atoms with Gasteiger partial charge in [-0.05, 0) is 36.8 Å². The second-order valence-electron chi connectivity index (χ2n) is 6.02. The predicted octanol–water partition coefficient (Wildman–Crippen LogP) is 3.63. The summed E-state index contributed by atoms with van der Waals surface area (Å²) in [6, 6.07) is 8.07. The van der Waals surface area contributed by atoms with Crippen molar-refractivity contribution in [3.8, 4) is 0 Å². The van der Waals surface area contributed by atoms with E-state index in [0.717, 1.165) is 46.2 Å². The van der Waals surface area contributed by atoms with Gasteiger partial charge in [0.05, 0.1) is 10.5 Å². The number of thiophene rings is 1. The largest absolute Gasteiger partial charge is 0.388 e. The molecule has 1 aromatic carbocycles. The third-order valence-electron chi connectivity index (χ3n) is 4.41. The number of carbonyl (C=O) groups is 1. The van der Waals surface area contributed by atoms with Crippen LogP contribution in [-0.2, 0) is 0 Å². The highest BCUT2D eigenvalue weighted by molar-refractivity contribution is 7.21. The molecule has 0 saturated heterocycles. The topological polar surface area (TPSA) is 49.3 Å². The number of hydrogen-bond donors (Lipinski definition) is 2. The summed E-state index contributed by atoms with van der Waals surface area (Å²) >= 11 is 1.52. The van der Waals surface area contributed by atoms with Gasteiger partial charge in [-0.3, -0.25) is 4.79 Å². The first-order valence-electron chi connectivity index (χ1n) is 7.58. The summed E-state index contributed by atoms with van der Waals surface area (Å²) < 4.78 is 1.14. The van der Waals surface area contributed by atoms with Gasteiger partial charge in [0, 0.05) is 11.2 Å². The Kier molecular flexibility index (Phi) is 4.00. The molecule has 0 aliphatic heterocycles. The minimum Gasteiger partial charge on any atom is -0.388 e. The molecule has 1 amide bonds. The van der Waals surface area contributed by atoms with E-state index < -0.39 is 5.60 Å². The van der Waals surface area contributed by atoms with Gasteiger partial charge >= 0.3 is 0 Å². The minimum atomic E-state index is -0.710. The number of benzene rings is 1. The molecule has 1 aromatic heterocycles. The molecule has 3 nitrogen and oxygen atoms in total. The van der Waals surface area contributed by atoms with Crippen LogP contribution in [0.5, 0.6) is 0 Å². The zero-order valence-electron chi connectivity index (χ0n) is 12.3. The number of aliphatic hydroxyl groups is 1. The van der Waals surface area contributed by atoms with Crippen LogP contribution < -0.4 is 5.32 Å². The summed E-state index contributed by atoms with van der Waals surface area (Å²) in [5, 5.41) is 14.5. The number of aryl methyl sites for hydroxylation is 1. The molecule has 21 heavy (non-hydrogen) atoms. The van der Waals surface area contributed by atoms with E-state index in [1.165, 1.54) is 17.8 Å². The fourth-order valence-corrected chi connectivity index (χ4v) is 4.23. The highest BCUT2D eigenvalue weighted by atomic mass is 32.1. The maximum atomic E-state index is 12.4. The molecule has 0 atom stereocenters. The van der Waals surface area contributed by atoms with Crippen molar-refractivity contribution in [1.29, 1.82) is 0 Å². The Balaban J connectivity index is 1.73. The third kappa shape index (κ3) is 2.97. The molecule has 1 aliphatic carbocycles. The monoisotopic (exact) mass is 303 g/mol. The van der Waals surface area contributed by atoms with Crippen LogP contribution in [0.1, 0.15) is 47.3 Å². The van der Waals surface area contributed by atoms with E-state index in [1.54, 1.807) is 0 Å². The Hall–Kier alpha value is -1.39. The van der Waals surface area contributed by atoms with Gasteiger partial charge in [-0.1, -0.05) is 37.5 Å². The van der Waals surface area contributed by atoms with Crippen molar-refractivity contribution < 1.29 is 9.90 Å². The molecule has 0 bridgehead atoms. The van der Waals surface area contributed by atoms with E-state index in [9.17, 15) is 9.90 Å². The molecule has 1 fully saturated rings. The molecular weight excluding hydrogens is 282 g/mol. The number of rotatable bonds is 3. The quantitative estimate of drug-likeness (QED) is 0.909. The van der Waals surface area contributed by atoms with E-state index >= 15 is 0 Å². The smallest absolute Gasteiger partial charge is 0.261 e. The van der Waals surface area contributed by atoms with E-state index in [2.05, 4.69) is 5.32 Å². The lowest BCUT2D eigenvalue weighted by Gasteiger charge is -2.32. The second kappa shape index (κ2) is 5.78. The highest BCUT2D eigenvalue weighted by Gasteiger charge is 2.30. The van der Waals surface area contributed by atoms with Gasteiger partial charge in [0.2, 0.25) is 0 Å². The molecular formula is C17H21NO2S. The maximum absolute atomic E-state index is 12.4. The van der Waals surface area contributed by atoms with E-state index in [1.807, 2.05) is 31.2 Å². The van der Waals surface area contributed by atoms with Crippen LogP contribution in [-0.4, -0.2) is 23.2 Å². The molecule has 4 heteroatoms. The van der Waals surface area contributed by atoms with Crippen molar-refractivity contribution in [1.82, 2.24) is 5.32 Å². The molecule has 0 unspecified atom stereocenters. The zero-order chi connectivity index (χ0) is 14.9. The van der Waals surface area contributed by atoms with E-state index in [-0.39, 0.29) is 5.91 Å². The fourth-order valence-electron chi connectivity index (χ4n) is 3.10. The van der Waals surface area contributed by atoms with Gasteiger partial charge in [0.1, 0.15) is 0 Å². The SMILES string of the molecule is Cc1c(C(=O)NCC2(O)CCCCC2)sc2ccccc12. The lowest BCUT2D eigenvalue weighted by molar-refractivity contribution is 0.00529. The van der Waals surface area contributed by atoms with Crippen LogP contribution in [0.15, 0.2) is 24.3 Å². The van der Waals surface area contributed by atoms with Crippen LogP contribution in [0.2, 0.25) is 0 Å². The summed E-state index contributed by atoms with van der Waals surface area (Å²) in [6.07, 6.45) is 4.87. The van der Waals surface area contributed by atoms with Crippen LogP contribution in [0, 0.1) is 6.92 Å². The van der Waals surface area contributed by atoms with Crippen molar-refractivity contribution in [2.24, 2.45) is 0 Å². The lowest BCUT2D eigenvalue weighted by atomic mass is 9.85. The zero-order valence-corrected chi connectivity index (χ0v) is 13.1. The van der Waals surface area contributed by atoms with Crippen LogP contribution in [0.25, 0.3) is 10.1 Å².